The van der Waals surface area contributed by atoms with Gasteiger partial charge in [-0.05, 0) is 26.0 Å². The number of rotatable bonds is 3. The smallest absolute Gasteiger partial charge is 0.124 e. The van der Waals surface area contributed by atoms with Crippen LogP contribution in [0.4, 0.5) is 0 Å². The van der Waals surface area contributed by atoms with Crippen molar-refractivity contribution in [2.45, 2.75) is 45.8 Å². The number of hydrogen-bond acceptors (Lipinski definition) is 2. The number of ether oxygens (including phenoxy) is 1. The van der Waals surface area contributed by atoms with E-state index in [2.05, 4.69) is 44.3 Å². The van der Waals surface area contributed by atoms with Crippen LogP contribution in [0, 0.1) is 12.8 Å². The Morgan fingerprint density at radius 2 is 2.24 bits per heavy atom. The molecular formula is C15H23NO. The molecule has 0 aromatic heterocycles. The second-order valence-electron chi connectivity index (χ2n) is 5.16. The van der Waals surface area contributed by atoms with Gasteiger partial charge in [0.2, 0.25) is 0 Å². The molecule has 1 heterocycles. The summed E-state index contributed by atoms with van der Waals surface area (Å²) in [7, 11) is 2.04. The van der Waals surface area contributed by atoms with Gasteiger partial charge < -0.3 is 10.1 Å². The summed E-state index contributed by atoms with van der Waals surface area (Å²) in [6.07, 6.45) is 2.58. The first kappa shape index (κ1) is 12.4. The lowest BCUT2D eigenvalue weighted by molar-refractivity contribution is 0.0995. The summed E-state index contributed by atoms with van der Waals surface area (Å²) in [5, 5.41) is 3.42. The fourth-order valence-corrected chi connectivity index (χ4v) is 2.50. The number of benzene rings is 1. The summed E-state index contributed by atoms with van der Waals surface area (Å²) in [6, 6.07) is 6.91. The number of hydrogen-bond donors (Lipinski definition) is 1. The maximum atomic E-state index is 6.13. The molecule has 1 aliphatic heterocycles. The Labute approximate surface area is 104 Å². The maximum Gasteiger partial charge on any atom is 0.124 e. The van der Waals surface area contributed by atoms with Crippen molar-refractivity contribution in [3.63, 3.8) is 0 Å². The van der Waals surface area contributed by atoms with Crippen LogP contribution in [0.1, 0.15) is 43.9 Å². The molecule has 0 saturated carbocycles. The molecular weight excluding hydrogens is 210 g/mol. The number of nitrogens with one attached hydrogen (secondary N) is 1. The third-order valence-electron chi connectivity index (χ3n) is 3.91. The predicted octanol–water partition coefficient (Wildman–Crippen LogP) is 3.45. The van der Waals surface area contributed by atoms with Crippen LogP contribution in [0.2, 0.25) is 0 Å². The monoisotopic (exact) mass is 233 g/mol. The van der Waals surface area contributed by atoms with Crippen LogP contribution in [0.15, 0.2) is 18.2 Å². The van der Waals surface area contributed by atoms with Gasteiger partial charge in [0.05, 0.1) is 0 Å². The third-order valence-corrected chi connectivity index (χ3v) is 3.91. The molecule has 0 aliphatic carbocycles. The van der Waals surface area contributed by atoms with E-state index in [4.69, 9.17) is 4.74 Å². The van der Waals surface area contributed by atoms with Crippen molar-refractivity contribution < 1.29 is 4.74 Å². The summed E-state index contributed by atoms with van der Waals surface area (Å²) in [6.45, 7) is 6.64. The van der Waals surface area contributed by atoms with Crippen molar-refractivity contribution in [3.8, 4) is 5.75 Å². The standard InChI is InChI=1S/C15H23NO/c1-5-11(3)15-9-13(16-4)12-8-10(2)6-7-14(12)17-15/h6-8,11,13,15-16H,5,9H2,1-4H3. The minimum Gasteiger partial charge on any atom is -0.490 e. The van der Waals surface area contributed by atoms with E-state index in [1.807, 2.05) is 7.05 Å². The Bertz CT molecular complexity index is 389. The highest BCUT2D eigenvalue weighted by molar-refractivity contribution is 5.40. The van der Waals surface area contributed by atoms with E-state index < -0.39 is 0 Å². The summed E-state index contributed by atoms with van der Waals surface area (Å²) < 4.78 is 6.13. The molecule has 17 heavy (non-hydrogen) atoms. The van der Waals surface area contributed by atoms with Crippen LogP contribution in [0.3, 0.4) is 0 Å². The van der Waals surface area contributed by atoms with Gasteiger partial charge in [-0.15, -0.1) is 0 Å². The topological polar surface area (TPSA) is 21.3 Å². The van der Waals surface area contributed by atoms with Gasteiger partial charge in [-0.2, -0.15) is 0 Å². The zero-order chi connectivity index (χ0) is 12.4. The highest BCUT2D eigenvalue weighted by atomic mass is 16.5. The second-order valence-corrected chi connectivity index (χ2v) is 5.16. The number of fused-ring (bicyclic) bond motifs is 1. The van der Waals surface area contributed by atoms with Gasteiger partial charge in [0.1, 0.15) is 11.9 Å². The van der Waals surface area contributed by atoms with Crippen molar-refractivity contribution >= 4 is 0 Å². The van der Waals surface area contributed by atoms with Crippen LogP contribution in [0.5, 0.6) is 5.75 Å². The Balaban J connectivity index is 2.29. The molecule has 0 fully saturated rings. The fourth-order valence-electron chi connectivity index (χ4n) is 2.50. The minimum atomic E-state index is 0.340. The molecule has 0 saturated heterocycles. The van der Waals surface area contributed by atoms with E-state index in [9.17, 15) is 0 Å². The molecule has 0 radical (unpaired) electrons. The van der Waals surface area contributed by atoms with Crippen molar-refractivity contribution in [2.75, 3.05) is 7.05 Å². The van der Waals surface area contributed by atoms with Gasteiger partial charge in [-0.25, -0.2) is 0 Å². The summed E-state index contributed by atoms with van der Waals surface area (Å²) >= 11 is 0. The molecule has 2 heteroatoms. The molecule has 3 unspecified atom stereocenters. The summed E-state index contributed by atoms with van der Waals surface area (Å²) in [5.74, 6) is 1.67. The molecule has 0 bridgehead atoms. The predicted molar refractivity (Wildman–Crippen MR) is 71.5 cm³/mol. The largest absolute Gasteiger partial charge is 0.490 e. The SMILES string of the molecule is CCC(C)C1CC(NC)c2cc(C)ccc2O1. The molecule has 1 aliphatic rings. The van der Waals surface area contributed by atoms with E-state index in [0.717, 1.165) is 12.2 Å². The lowest BCUT2D eigenvalue weighted by atomic mass is 9.89. The third kappa shape index (κ3) is 2.47. The van der Waals surface area contributed by atoms with Crippen LogP contribution < -0.4 is 10.1 Å². The minimum absolute atomic E-state index is 0.340. The molecule has 2 rings (SSSR count). The van der Waals surface area contributed by atoms with Crippen molar-refractivity contribution in [1.82, 2.24) is 5.32 Å². The maximum absolute atomic E-state index is 6.13. The molecule has 1 N–H and O–H groups in total. The average Bonchev–Trinajstić information content (AvgIpc) is 2.36. The molecule has 0 amide bonds. The van der Waals surface area contributed by atoms with E-state index >= 15 is 0 Å². The van der Waals surface area contributed by atoms with Gasteiger partial charge in [0, 0.05) is 18.0 Å². The Morgan fingerprint density at radius 3 is 2.88 bits per heavy atom. The average molecular weight is 233 g/mol. The highest BCUT2D eigenvalue weighted by Crippen LogP contribution is 2.37. The Hall–Kier alpha value is -1.02. The van der Waals surface area contributed by atoms with Crippen LogP contribution in [-0.2, 0) is 0 Å². The molecule has 0 spiro atoms. The molecule has 1 aromatic carbocycles. The van der Waals surface area contributed by atoms with E-state index in [0.29, 0.717) is 18.1 Å². The normalized spacial score (nSPS) is 24.9. The first-order chi connectivity index (χ1) is 8.15. The highest BCUT2D eigenvalue weighted by Gasteiger charge is 2.29. The quantitative estimate of drug-likeness (QED) is 0.863. The molecule has 1 aromatic rings. The van der Waals surface area contributed by atoms with Crippen LogP contribution in [0.25, 0.3) is 0 Å². The van der Waals surface area contributed by atoms with Gasteiger partial charge in [0.15, 0.2) is 0 Å². The van der Waals surface area contributed by atoms with Crippen LogP contribution >= 0.6 is 0 Å². The molecule has 3 atom stereocenters. The van der Waals surface area contributed by atoms with Gasteiger partial charge in [-0.1, -0.05) is 38.0 Å². The zero-order valence-corrected chi connectivity index (χ0v) is 11.3. The molecule has 94 valence electrons. The van der Waals surface area contributed by atoms with E-state index in [-0.39, 0.29) is 0 Å². The van der Waals surface area contributed by atoms with Crippen molar-refractivity contribution in [1.29, 1.82) is 0 Å². The zero-order valence-electron chi connectivity index (χ0n) is 11.3. The van der Waals surface area contributed by atoms with Gasteiger partial charge in [-0.3, -0.25) is 0 Å². The van der Waals surface area contributed by atoms with Gasteiger partial charge >= 0.3 is 0 Å². The van der Waals surface area contributed by atoms with Gasteiger partial charge in [0.25, 0.3) is 0 Å². The van der Waals surface area contributed by atoms with Crippen molar-refractivity contribution in [3.05, 3.63) is 29.3 Å². The Kier molecular flexibility index (Phi) is 3.72. The van der Waals surface area contributed by atoms with E-state index in [1.54, 1.807) is 0 Å². The number of aryl methyl sites for hydroxylation is 1. The second kappa shape index (κ2) is 5.09. The summed E-state index contributed by atoms with van der Waals surface area (Å²) in [4.78, 5) is 0. The lowest BCUT2D eigenvalue weighted by Crippen LogP contribution is -2.35. The fraction of sp³-hybridized carbons (Fsp3) is 0.600. The first-order valence-electron chi connectivity index (χ1n) is 6.60. The summed E-state index contributed by atoms with van der Waals surface area (Å²) in [5.41, 5.74) is 2.61. The molecule has 2 nitrogen and oxygen atoms in total. The van der Waals surface area contributed by atoms with E-state index in [1.165, 1.54) is 17.5 Å². The van der Waals surface area contributed by atoms with Crippen molar-refractivity contribution in [2.24, 2.45) is 5.92 Å². The lowest BCUT2D eigenvalue weighted by Gasteiger charge is -2.35. The first-order valence-corrected chi connectivity index (χ1v) is 6.60. The van der Waals surface area contributed by atoms with Crippen LogP contribution in [-0.4, -0.2) is 13.2 Å². The Morgan fingerprint density at radius 1 is 1.47 bits per heavy atom.